The molecule has 0 radical (unpaired) electrons. The number of benzene rings is 1. The van der Waals surface area contributed by atoms with E-state index in [9.17, 15) is 0 Å². The number of alkyl halides is 1. The van der Waals surface area contributed by atoms with Crippen molar-refractivity contribution in [1.82, 2.24) is 4.90 Å². The Kier molecular flexibility index (Phi) is 4.93. The van der Waals surface area contributed by atoms with Gasteiger partial charge in [0.15, 0.2) is 0 Å². The molecule has 2 rings (SSSR count). The van der Waals surface area contributed by atoms with Crippen molar-refractivity contribution in [3.8, 4) is 0 Å². The van der Waals surface area contributed by atoms with Gasteiger partial charge in [0.1, 0.15) is 0 Å². The van der Waals surface area contributed by atoms with Gasteiger partial charge in [-0.25, -0.2) is 0 Å². The van der Waals surface area contributed by atoms with Crippen molar-refractivity contribution >= 4 is 33.2 Å². The molecular formula is C14H20BrClN2. The highest BCUT2D eigenvalue weighted by Gasteiger charge is 2.21. The maximum absolute atomic E-state index is 5.87. The summed E-state index contributed by atoms with van der Waals surface area (Å²) in [6.07, 6.45) is 1.21. The second kappa shape index (κ2) is 6.27. The Morgan fingerprint density at radius 2 is 2.17 bits per heavy atom. The lowest BCUT2D eigenvalue weighted by molar-refractivity contribution is 0.337. The van der Waals surface area contributed by atoms with Gasteiger partial charge in [-0.2, -0.15) is 0 Å². The third kappa shape index (κ3) is 3.19. The van der Waals surface area contributed by atoms with E-state index in [4.69, 9.17) is 11.6 Å². The number of hydrogen-bond acceptors (Lipinski definition) is 2. The minimum atomic E-state index is 0.538. The van der Waals surface area contributed by atoms with Crippen molar-refractivity contribution in [2.24, 2.45) is 0 Å². The first-order chi connectivity index (χ1) is 8.61. The highest BCUT2D eigenvalue weighted by Crippen LogP contribution is 2.30. The first-order valence-electron chi connectivity index (χ1n) is 6.41. The van der Waals surface area contributed by atoms with Gasteiger partial charge in [0.2, 0.25) is 0 Å². The minimum Gasteiger partial charge on any atom is -0.367 e. The van der Waals surface area contributed by atoms with Gasteiger partial charge >= 0.3 is 0 Å². The Bertz CT molecular complexity index is 411. The molecule has 1 atom stereocenters. The summed E-state index contributed by atoms with van der Waals surface area (Å²) in [7, 11) is 2.20. The Balaban J connectivity index is 2.24. The van der Waals surface area contributed by atoms with Gasteiger partial charge < -0.3 is 9.80 Å². The Labute approximate surface area is 123 Å². The van der Waals surface area contributed by atoms with Gasteiger partial charge in [0.25, 0.3) is 0 Å². The summed E-state index contributed by atoms with van der Waals surface area (Å²) < 4.78 is 1.15. The van der Waals surface area contributed by atoms with Gasteiger partial charge in [-0.15, -0.1) is 11.6 Å². The van der Waals surface area contributed by atoms with E-state index >= 15 is 0 Å². The fraction of sp³-hybridized carbons (Fsp3) is 0.571. The Morgan fingerprint density at radius 3 is 2.83 bits per heavy atom. The van der Waals surface area contributed by atoms with Crippen LogP contribution in [0.1, 0.15) is 18.9 Å². The molecule has 0 aromatic heterocycles. The molecule has 1 fully saturated rings. The van der Waals surface area contributed by atoms with Crippen molar-refractivity contribution in [2.45, 2.75) is 25.3 Å². The second-order valence-electron chi connectivity index (χ2n) is 5.08. The molecule has 0 bridgehead atoms. The Hall–Kier alpha value is -0.250. The number of nitrogens with zero attached hydrogens (tertiary/aromatic N) is 2. The van der Waals surface area contributed by atoms with Crippen molar-refractivity contribution in [3.63, 3.8) is 0 Å². The molecule has 2 nitrogen and oxygen atoms in total. The third-order valence-electron chi connectivity index (χ3n) is 3.52. The molecule has 0 spiro atoms. The summed E-state index contributed by atoms with van der Waals surface area (Å²) in [5, 5.41) is 0. The first kappa shape index (κ1) is 14.2. The molecule has 0 amide bonds. The van der Waals surface area contributed by atoms with Crippen molar-refractivity contribution < 1.29 is 0 Å². The quantitative estimate of drug-likeness (QED) is 0.762. The van der Waals surface area contributed by atoms with Crippen LogP contribution in [0.15, 0.2) is 22.7 Å². The van der Waals surface area contributed by atoms with Crippen LogP contribution in [0.25, 0.3) is 0 Å². The van der Waals surface area contributed by atoms with E-state index in [1.54, 1.807) is 0 Å². The minimum absolute atomic E-state index is 0.538. The van der Waals surface area contributed by atoms with Gasteiger partial charge in [-0.3, -0.25) is 0 Å². The summed E-state index contributed by atoms with van der Waals surface area (Å²) in [6.45, 7) is 5.70. The zero-order valence-electron chi connectivity index (χ0n) is 11.0. The first-order valence-corrected chi connectivity index (χ1v) is 7.74. The van der Waals surface area contributed by atoms with E-state index < -0.39 is 0 Å². The van der Waals surface area contributed by atoms with Crippen LogP contribution in [-0.4, -0.2) is 37.6 Å². The van der Waals surface area contributed by atoms with Crippen LogP contribution in [0.3, 0.4) is 0 Å². The van der Waals surface area contributed by atoms with Crippen LogP contribution in [0.2, 0.25) is 0 Å². The van der Waals surface area contributed by atoms with Gasteiger partial charge in [-0.1, -0.05) is 6.07 Å². The van der Waals surface area contributed by atoms with Gasteiger partial charge in [0, 0.05) is 29.5 Å². The van der Waals surface area contributed by atoms with E-state index in [1.165, 1.54) is 18.7 Å². The fourth-order valence-electron chi connectivity index (χ4n) is 2.60. The van der Waals surface area contributed by atoms with Crippen LogP contribution in [0, 0.1) is 0 Å². The molecule has 0 aliphatic carbocycles. The highest BCUT2D eigenvalue weighted by atomic mass is 79.9. The third-order valence-corrected chi connectivity index (χ3v) is 4.47. The van der Waals surface area contributed by atoms with E-state index in [0.29, 0.717) is 11.9 Å². The normalized spacial score (nSPS) is 22.0. The van der Waals surface area contributed by atoms with Crippen LogP contribution in [0.5, 0.6) is 0 Å². The predicted molar refractivity (Wildman–Crippen MR) is 82.6 cm³/mol. The molecule has 100 valence electrons. The molecule has 1 aliphatic rings. The van der Waals surface area contributed by atoms with Gasteiger partial charge in [-0.05, 0) is 60.6 Å². The molecule has 1 heterocycles. The lowest BCUT2D eigenvalue weighted by Crippen LogP contribution is -2.38. The monoisotopic (exact) mass is 330 g/mol. The second-order valence-corrected chi connectivity index (χ2v) is 6.20. The molecule has 1 aliphatic heterocycles. The highest BCUT2D eigenvalue weighted by molar-refractivity contribution is 9.10. The summed E-state index contributed by atoms with van der Waals surface area (Å²) in [4.78, 5) is 4.90. The molecule has 1 saturated heterocycles. The van der Waals surface area contributed by atoms with Crippen molar-refractivity contribution in [3.05, 3.63) is 28.2 Å². The fourth-order valence-corrected chi connectivity index (χ4v) is 3.42. The average molecular weight is 332 g/mol. The number of likely N-dealkylation sites (N-methyl/N-ethyl adjacent to an activating group) is 1. The molecular weight excluding hydrogens is 312 g/mol. The summed E-state index contributed by atoms with van der Waals surface area (Å²) >= 11 is 9.55. The number of rotatable bonds is 2. The Morgan fingerprint density at radius 1 is 1.39 bits per heavy atom. The van der Waals surface area contributed by atoms with Crippen LogP contribution in [0.4, 0.5) is 5.69 Å². The van der Waals surface area contributed by atoms with E-state index in [2.05, 4.69) is 57.9 Å². The zero-order valence-corrected chi connectivity index (χ0v) is 13.3. The molecule has 1 aromatic rings. The van der Waals surface area contributed by atoms with E-state index in [1.807, 2.05) is 0 Å². The summed E-state index contributed by atoms with van der Waals surface area (Å²) in [5.74, 6) is 0.567. The number of halogens is 2. The summed E-state index contributed by atoms with van der Waals surface area (Å²) in [5.41, 5.74) is 2.44. The predicted octanol–water partition coefficient (Wildman–Crippen LogP) is 3.72. The van der Waals surface area contributed by atoms with E-state index in [0.717, 1.165) is 23.1 Å². The number of anilines is 1. The smallest absolute Gasteiger partial charge is 0.0513 e. The molecule has 1 unspecified atom stereocenters. The topological polar surface area (TPSA) is 6.48 Å². The molecule has 0 saturated carbocycles. The standard InChI is InChI=1S/C14H20BrClN2/c1-11-10-17(2)6-3-7-18(11)14-5-4-12(9-16)8-13(14)15/h4-5,8,11H,3,6-7,9-10H2,1-2H3. The average Bonchev–Trinajstić information content (AvgIpc) is 2.50. The molecule has 1 aromatic carbocycles. The van der Waals surface area contributed by atoms with Crippen molar-refractivity contribution in [1.29, 1.82) is 0 Å². The lowest BCUT2D eigenvalue weighted by Gasteiger charge is -2.31. The molecule has 4 heteroatoms. The maximum Gasteiger partial charge on any atom is 0.0513 e. The van der Waals surface area contributed by atoms with Crippen molar-refractivity contribution in [2.75, 3.05) is 31.6 Å². The van der Waals surface area contributed by atoms with Gasteiger partial charge in [0.05, 0.1) is 5.69 Å². The number of hydrogen-bond donors (Lipinski definition) is 0. The lowest BCUT2D eigenvalue weighted by atomic mass is 10.1. The largest absolute Gasteiger partial charge is 0.367 e. The van der Waals surface area contributed by atoms with Crippen LogP contribution < -0.4 is 4.90 Å². The molecule has 0 N–H and O–H groups in total. The van der Waals surface area contributed by atoms with Crippen LogP contribution >= 0.6 is 27.5 Å². The zero-order chi connectivity index (χ0) is 13.1. The molecule has 18 heavy (non-hydrogen) atoms. The van der Waals surface area contributed by atoms with Crippen LogP contribution in [-0.2, 0) is 5.88 Å². The SMILES string of the molecule is CC1CN(C)CCCN1c1ccc(CCl)cc1Br. The maximum atomic E-state index is 5.87. The van der Waals surface area contributed by atoms with E-state index in [-0.39, 0.29) is 0 Å². The summed E-state index contributed by atoms with van der Waals surface area (Å²) in [6, 6.07) is 6.97.